The summed E-state index contributed by atoms with van der Waals surface area (Å²) in [5.74, 6) is 1.01. The third-order valence-electron chi connectivity index (χ3n) is 2.95. The number of rotatable bonds is 6. The van der Waals surface area contributed by atoms with Crippen molar-refractivity contribution in [1.82, 2.24) is 20.1 Å². The van der Waals surface area contributed by atoms with Crippen molar-refractivity contribution >= 4 is 0 Å². The van der Waals surface area contributed by atoms with Crippen molar-refractivity contribution in [3.8, 4) is 0 Å². The number of aryl methyl sites for hydroxylation is 1. The van der Waals surface area contributed by atoms with E-state index in [1.807, 2.05) is 4.68 Å². The van der Waals surface area contributed by atoms with Crippen LogP contribution in [0.25, 0.3) is 0 Å². The Kier molecular flexibility index (Phi) is 4.30. The van der Waals surface area contributed by atoms with Gasteiger partial charge in [0.05, 0.1) is 12.6 Å². The molecule has 0 spiro atoms. The molecule has 1 N–H and O–H groups in total. The number of hydrogen-bond donors (Lipinski definition) is 1. The van der Waals surface area contributed by atoms with Crippen LogP contribution >= 0.6 is 0 Å². The quantitative estimate of drug-likeness (QED) is 0.731. The van der Waals surface area contributed by atoms with E-state index in [2.05, 4.69) is 22.3 Å². The van der Waals surface area contributed by atoms with E-state index >= 15 is 0 Å². The summed E-state index contributed by atoms with van der Waals surface area (Å²) in [4.78, 5) is 4.21. The minimum absolute atomic E-state index is 0.469. The lowest BCUT2D eigenvalue weighted by atomic mass is 10.2. The van der Waals surface area contributed by atoms with Crippen LogP contribution < -0.4 is 5.32 Å². The molecule has 1 atom stereocenters. The van der Waals surface area contributed by atoms with Crippen LogP contribution in [0.5, 0.6) is 0 Å². The molecule has 5 nitrogen and oxygen atoms in total. The molecular weight excluding hydrogens is 204 g/mol. The van der Waals surface area contributed by atoms with E-state index in [-0.39, 0.29) is 0 Å². The van der Waals surface area contributed by atoms with Crippen molar-refractivity contribution in [2.75, 3.05) is 13.2 Å². The normalized spacial score (nSPS) is 20.4. The number of ether oxygens (including phenoxy) is 1. The molecular formula is C11H20N4O. The van der Waals surface area contributed by atoms with Gasteiger partial charge in [-0.3, -0.25) is 0 Å². The molecule has 5 heteroatoms. The minimum atomic E-state index is 0.469. The fourth-order valence-electron chi connectivity index (χ4n) is 2.02. The summed E-state index contributed by atoms with van der Waals surface area (Å²) in [5, 5.41) is 7.52. The fraction of sp³-hybridized carbons (Fsp3) is 0.818. The molecule has 1 aliphatic rings. The minimum Gasteiger partial charge on any atom is -0.378 e. The van der Waals surface area contributed by atoms with Crippen molar-refractivity contribution in [3.05, 3.63) is 12.2 Å². The van der Waals surface area contributed by atoms with Crippen LogP contribution in [0.4, 0.5) is 0 Å². The van der Waals surface area contributed by atoms with Crippen molar-refractivity contribution < 1.29 is 4.74 Å². The SMILES string of the molecule is CCn1ncnc1CNCCC1CCCO1. The molecule has 0 aromatic carbocycles. The van der Waals surface area contributed by atoms with Gasteiger partial charge >= 0.3 is 0 Å². The van der Waals surface area contributed by atoms with Gasteiger partial charge < -0.3 is 10.1 Å². The first-order chi connectivity index (χ1) is 7.90. The first-order valence-corrected chi connectivity index (χ1v) is 6.09. The van der Waals surface area contributed by atoms with E-state index in [0.717, 1.165) is 38.5 Å². The van der Waals surface area contributed by atoms with Gasteiger partial charge in [-0.05, 0) is 32.7 Å². The van der Waals surface area contributed by atoms with Crippen molar-refractivity contribution in [3.63, 3.8) is 0 Å². The number of hydrogen-bond acceptors (Lipinski definition) is 4. The van der Waals surface area contributed by atoms with E-state index in [1.165, 1.54) is 12.8 Å². The lowest BCUT2D eigenvalue weighted by Gasteiger charge is -2.09. The van der Waals surface area contributed by atoms with Gasteiger partial charge in [0.25, 0.3) is 0 Å². The van der Waals surface area contributed by atoms with Crippen LogP contribution in [0.15, 0.2) is 6.33 Å². The summed E-state index contributed by atoms with van der Waals surface area (Å²) in [6, 6.07) is 0. The second-order valence-electron chi connectivity index (χ2n) is 4.09. The Balaban J connectivity index is 1.64. The summed E-state index contributed by atoms with van der Waals surface area (Å²) in [6.07, 6.45) is 5.61. The van der Waals surface area contributed by atoms with Gasteiger partial charge in [0, 0.05) is 13.2 Å². The average Bonchev–Trinajstić information content (AvgIpc) is 2.95. The molecule has 16 heavy (non-hydrogen) atoms. The molecule has 1 fully saturated rings. The monoisotopic (exact) mass is 224 g/mol. The van der Waals surface area contributed by atoms with Crippen LogP contribution in [-0.4, -0.2) is 34.0 Å². The predicted molar refractivity (Wildman–Crippen MR) is 61.0 cm³/mol. The summed E-state index contributed by atoms with van der Waals surface area (Å²) < 4.78 is 7.48. The van der Waals surface area contributed by atoms with Gasteiger partial charge in [0.1, 0.15) is 12.2 Å². The van der Waals surface area contributed by atoms with Gasteiger partial charge in [0.2, 0.25) is 0 Å². The van der Waals surface area contributed by atoms with Gasteiger partial charge in [-0.25, -0.2) is 9.67 Å². The molecule has 1 aromatic rings. The second-order valence-corrected chi connectivity index (χ2v) is 4.09. The zero-order chi connectivity index (χ0) is 11.2. The second kappa shape index (κ2) is 5.96. The lowest BCUT2D eigenvalue weighted by Crippen LogP contribution is -2.22. The van der Waals surface area contributed by atoms with Gasteiger partial charge in [0.15, 0.2) is 0 Å². The molecule has 2 rings (SSSR count). The molecule has 1 unspecified atom stereocenters. The maximum absolute atomic E-state index is 5.56. The maximum atomic E-state index is 5.56. The van der Waals surface area contributed by atoms with Crippen molar-refractivity contribution in [2.24, 2.45) is 0 Å². The average molecular weight is 224 g/mol. The van der Waals surface area contributed by atoms with Crippen LogP contribution in [-0.2, 0) is 17.8 Å². The van der Waals surface area contributed by atoms with E-state index in [4.69, 9.17) is 4.74 Å². The zero-order valence-corrected chi connectivity index (χ0v) is 9.85. The summed E-state index contributed by atoms with van der Waals surface area (Å²) in [7, 11) is 0. The molecule has 1 aliphatic heterocycles. The predicted octanol–water partition coefficient (Wildman–Crippen LogP) is 0.957. The largest absolute Gasteiger partial charge is 0.378 e. The van der Waals surface area contributed by atoms with Gasteiger partial charge in [-0.1, -0.05) is 0 Å². The third-order valence-corrected chi connectivity index (χ3v) is 2.95. The highest BCUT2D eigenvalue weighted by Crippen LogP contribution is 2.14. The van der Waals surface area contributed by atoms with E-state index in [0.29, 0.717) is 6.10 Å². The number of nitrogens with zero attached hydrogens (tertiary/aromatic N) is 3. The smallest absolute Gasteiger partial charge is 0.140 e. The summed E-state index contributed by atoms with van der Waals surface area (Å²) in [5.41, 5.74) is 0. The Morgan fingerprint density at radius 1 is 1.62 bits per heavy atom. The van der Waals surface area contributed by atoms with Crippen LogP contribution in [0.3, 0.4) is 0 Å². The molecule has 0 saturated carbocycles. The molecule has 0 amide bonds. The van der Waals surface area contributed by atoms with Crippen molar-refractivity contribution in [1.29, 1.82) is 0 Å². The third kappa shape index (κ3) is 3.02. The molecule has 1 aromatic heterocycles. The van der Waals surface area contributed by atoms with E-state index in [1.54, 1.807) is 6.33 Å². The van der Waals surface area contributed by atoms with Gasteiger partial charge in [-0.2, -0.15) is 5.10 Å². The van der Waals surface area contributed by atoms with Crippen LogP contribution in [0, 0.1) is 0 Å². The first kappa shape index (κ1) is 11.5. The molecule has 0 radical (unpaired) electrons. The van der Waals surface area contributed by atoms with Crippen LogP contribution in [0.1, 0.15) is 32.0 Å². The molecule has 0 aliphatic carbocycles. The fourth-order valence-corrected chi connectivity index (χ4v) is 2.02. The summed E-state index contributed by atoms with van der Waals surface area (Å²) >= 11 is 0. The molecule has 1 saturated heterocycles. The standard InChI is InChI=1S/C11H20N4O/c1-2-15-11(13-9-14-15)8-12-6-5-10-4-3-7-16-10/h9-10,12H,2-8H2,1H3. The summed E-state index contributed by atoms with van der Waals surface area (Å²) in [6.45, 7) is 5.67. The number of nitrogens with one attached hydrogen (secondary N) is 1. The van der Waals surface area contributed by atoms with Crippen LogP contribution in [0.2, 0.25) is 0 Å². The Morgan fingerprint density at radius 3 is 3.31 bits per heavy atom. The van der Waals surface area contributed by atoms with E-state index in [9.17, 15) is 0 Å². The number of aromatic nitrogens is 3. The highest BCUT2D eigenvalue weighted by molar-refractivity contribution is 4.83. The maximum Gasteiger partial charge on any atom is 0.140 e. The van der Waals surface area contributed by atoms with Crippen molar-refractivity contribution in [2.45, 2.75) is 45.4 Å². The van der Waals surface area contributed by atoms with Gasteiger partial charge in [-0.15, -0.1) is 0 Å². The Hall–Kier alpha value is -0.940. The highest BCUT2D eigenvalue weighted by Gasteiger charge is 2.14. The zero-order valence-electron chi connectivity index (χ0n) is 9.85. The molecule has 2 heterocycles. The Morgan fingerprint density at radius 2 is 2.56 bits per heavy atom. The first-order valence-electron chi connectivity index (χ1n) is 6.09. The Bertz CT molecular complexity index is 307. The highest BCUT2D eigenvalue weighted by atomic mass is 16.5. The van der Waals surface area contributed by atoms with E-state index < -0.39 is 0 Å². The molecule has 90 valence electrons. The Labute approximate surface area is 96.2 Å². The lowest BCUT2D eigenvalue weighted by molar-refractivity contribution is 0.104. The molecule has 0 bridgehead atoms. The topological polar surface area (TPSA) is 52.0 Å².